The molecule has 0 aliphatic carbocycles. The van der Waals surface area contributed by atoms with Crippen molar-refractivity contribution in [1.82, 2.24) is 20.0 Å². The van der Waals surface area contributed by atoms with Gasteiger partial charge >= 0.3 is 0 Å². The maximum atomic E-state index is 13.3. The Bertz CT molecular complexity index is 1220. The van der Waals surface area contributed by atoms with Crippen LogP contribution in [0.3, 0.4) is 0 Å². The number of aromatic nitrogens is 2. The maximum Gasteiger partial charge on any atom is 0.254 e. The Balaban J connectivity index is 1.40. The van der Waals surface area contributed by atoms with Gasteiger partial charge in [-0.2, -0.15) is 0 Å². The number of nitrogens with zero attached hydrogens (tertiary/aromatic N) is 5. The van der Waals surface area contributed by atoms with Crippen LogP contribution in [0.5, 0.6) is 0 Å². The molecule has 2 aromatic carbocycles. The zero-order valence-electron chi connectivity index (χ0n) is 21.7. The van der Waals surface area contributed by atoms with E-state index < -0.39 is 0 Å². The molecule has 1 aromatic heterocycles. The molecular formula is C29H34ClN5O2. The van der Waals surface area contributed by atoms with Crippen molar-refractivity contribution in [3.63, 3.8) is 0 Å². The van der Waals surface area contributed by atoms with Crippen molar-refractivity contribution in [3.8, 4) is 11.3 Å². The van der Waals surface area contributed by atoms with Gasteiger partial charge in [0, 0.05) is 43.3 Å². The Morgan fingerprint density at radius 1 is 0.973 bits per heavy atom. The van der Waals surface area contributed by atoms with Crippen LogP contribution in [-0.4, -0.2) is 70.6 Å². The van der Waals surface area contributed by atoms with Crippen molar-refractivity contribution < 1.29 is 9.59 Å². The van der Waals surface area contributed by atoms with Gasteiger partial charge in [0.05, 0.1) is 10.7 Å². The lowest BCUT2D eigenvalue weighted by atomic mass is 10.1. The van der Waals surface area contributed by atoms with Gasteiger partial charge in [0.25, 0.3) is 5.91 Å². The van der Waals surface area contributed by atoms with Gasteiger partial charge in [0.1, 0.15) is 6.54 Å². The largest absolute Gasteiger partial charge is 0.353 e. The third-order valence-electron chi connectivity index (χ3n) is 6.96. The van der Waals surface area contributed by atoms with Crippen LogP contribution in [0.4, 0.5) is 5.82 Å². The summed E-state index contributed by atoms with van der Waals surface area (Å²) >= 11 is 6.30. The smallest absolute Gasteiger partial charge is 0.254 e. The fourth-order valence-electron chi connectivity index (χ4n) is 4.46. The van der Waals surface area contributed by atoms with Gasteiger partial charge in [0.2, 0.25) is 5.91 Å². The standard InChI is InChI=1S/C29H34ClN5O2/c1-4-22(3)35(29(37)23-12-10-21(2)11-13-23)20-28(36)34-17-7-16-33(18-19-34)27-15-14-26(31-32-27)24-8-5-6-9-25(24)30/h5-6,8-15,22H,4,7,16-20H2,1-3H3. The summed E-state index contributed by atoms with van der Waals surface area (Å²) in [4.78, 5) is 32.3. The first-order valence-corrected chi connectivity index (χ1v) is 13.2. The average molecular weight is 520 g/mol. The number of amides is 2. The molecule has 1 fully saturated rings. The van der Waals surface area contributed by atoms with Gasteiger partial charge in [-0.1, -0.05) is 54.4 Å². The van der Waals surface area contributed by atoms with Crippen LogP contribution < -0.4 is 4.90 Å². The summed E-state index contributed by atoms with van der Waals surface area (Å²) in [6, 6.07) is 18.9. The Hall–Kier alpha value is -3.45. The van der Waals surface area contributed by atoms with E-state index in [2.05, 4.69) is 15.1 Å². The number of carbonyl (C=O) groups is 2. The lowest BCUT2D eigenvalue weighted by Gasteiger charge is -2.31. The third kappa shape index (κ3) is 6.46. The van der Waals surface area contributed by atoms with Gasteiger partial charge in [-0.3, -0.25) is 9.59 Å². The quantitative estimate of drug-likeness (QED) is 0.435. The van der Waals surface area contributed by atoms with Crippen LogP contribution in [0.25, 0.3) is 11.3 Å². The second-order valence-corrected chi connectivity index (χ2v) is 9.94. The normalized spacial score (nSPS) is 14.7. The Kier molecular flexibility index (Phi) is 8.77. The molecule has 0 radical (unpaired) electrons. The maximum absolute atomic E-state index is 13.3. The van der Waals surface area contributed by atoms with E-state index in [1.807, 2.05) is 86.3 Å². The number of hydrogen-bond donors (Lipinski definition) is 0. The van der Waals surface area contributed by atoms with Crippen LogP contribution >= 0.6 is 11.6 Å². The summed E-state index contributed by atoms with van der Waals surface area (Å²) in [5, 5.41) is 9.47. The zero-order chi connectivity index (χ0) is 26.4. The molecule has 1 aliphatic rings. The molecule has 0 saturated carbocycles. The summed E-state index contributed by atoms with van der Waals surface area (Å²) in [7, 11) is 0. The Morgan fingerprint density at radius 2 is 1.73 bits per heavy atom. The highest BCUT2D eigenvalue weighted by Crippen LogP contribution is 2.26. The molecule has 1 aliphatic heterocycles. The van der Waals surface area contributed by atoms with Gasteiger partial charge in [0.15, 0.2) is 5.82 Å². The highest BCUT2D eigenvalue weighted by atomic mass is 35.5. The second kappa shape index (κ2) is 12.2. The molecule has 8 heteroatoms. The topological polar surface area (TPSA) is 69.6 Å². The molecule has 194 valence electrons. The van der Waals surface area contributed by atoms with Crippen LogP contribution in [0.1, 0.15) is 42.6 Å². The van der Waals surface area contributed by atoms with Crippen LogP contribution in [0, 0.1) is 6.92 Å². The molecule has 1 saturated heterocycles. The van der Waals surface area contributed by atoms with E-state index in [0.717, 1.165) is 42.0 Å². The molecule has 3 aromatic rings. The molecule has 0 spiro atoms. The summed E-state index contributed by atoms with van der Waals surface area (Å²) in [5.41, 5.74) is 3.28. The van der Waals surface area contributed by atoms with Crippen LogP contribution in [-0.2, 0) is 4.79 Å². The van der Waals surface area contributed by atoms with Crippen molar-refractivity contribution in [2.24, 2.45) is 0 Å². The summed E-state index contributed by atoms with van der Waals surface area (Å²) < 4.78 is 0. The SMILES string of the molecule is CCC(C)N(CC(=O)N1CCCN(c2ccc(-c3ccccc3Cl)nn2)CC1)C(=O)c1ccc(C)cc1. The molecular weight excluding hydrogens is 486 g/mol. The van der Waals surface area contributed by atoms with Crippen molar-refractivity contribution in [2.45, 2.75) is 39.7 Å². The van der Waals surface area contributed by atoms with Crippen molar-refractivity contribution in [1.29, 1.82) is 0 Å². The van der Waals surface area contributed by atoms with Crippen molar-refractivity contribution >= 4 is 29.2 Å². The fraction of sp³-hybridized carbons (Fsp3) is 0.379. The minimum Gasteiger partial charge on any atom is -0.353 e. The molecule has 4 rings (SSSR count). The fourth-order valence-corrected chi connectivity index (χ4v) is 4.69. The zero-order valence-corrected chi connectivity index (χ0v) is 22.5. The molecule has 37 heavy (non-hydrogen) atoms. The molecule has 0 bridgehead atoms. The predicted molar refractivity (Wildman–Crippen MR) is 148 cm³/mol. The van der Waals surface area contributed by atoms with Gasteiger partial charge < -0.3 is 14.7 Å². The van der Waals surface area contributed by atoms with Crippen LogP contribution in [0.15, 0.2) is 60.7 Å². The van der Waals surface area contributed by atoms with Gasteiger partial charge in [-0.25, -0.2) is 0 Å². The molecule has 1 unspecified atom stereocenters. The first kappa shape index (κ1) is 26.6. The number of halogens is 1. The summed E-state index contributed by atoms with van der Waals surface area (Å²) in [6.07, 6.45) is 1.59. The van der Waals surface area contributed by atoms with E-state index in [9.17, 15) is 9.59 Å². The first-order valence-electron chi connectivity index (χ1n) is 12.9. The minimum atomic E-state index is -0.104. The molecule has 7 nitrogen and oxygen atoms in total. The predicted octanol–water partition coefficient (Wildman–Crippen LogP) is 5.09. The monoisotopic (exact) mass is 519 g/mol. The van der Waals surface area contributed by atoms with E-state index in [4.69, 9.17) is 11.6 Å². The summed E-state index contributed by atoms with van der Waals surface area (Å²) in [5.74, 6) is 0.650. The lowest BCUT2D eigenvalue weighted by Crippen LogP contribution is -2.47. The molecule has 0 N–H and O–H groups in total. The van der Waals surface area contributed by atoms with Crippen molar-refractivity contribution in [2.75, 3.05) is 37.6 Å². The third-order valence-corrected chi connectivity index (χ3v) is 7.29. The van der Waals surface area contributed by atoms with Crippen LogP contribution in [0.2, 0.25) is 5.02 Å². The Labute approximate surface area is 224 Å². The lowest BCUT2D eigenvalue weighted by molar-refractivity contribution is -0.132. The number of carbonyl (C=O) groups excluding carboxylic acids is 2. The number of hydrogen-bond acceptors (Lipinski definition) is 5. The van der Waals surface area contributed by atoms with E-state index >= 15 is 0 Å². The first-order chi connectivity index (χ1) is 17.9. The van der Waals surface area contributed by atoms with E-state index in [1.165, 1.54) is 0 Å². The minimum absolute atomic E-state index is 0.0252. The highest BCUT2D eigenvalue weighted by Gasteiger charge is 2.27. The number of benzene rings is 2. The number of rotatable bonds is 7. The molecule has 1 atom stereocenters. The Morgan fingerprint density at radius 3 is 2.41 bits per heavy atom. The van der Waals surface area contributed by atoms with E-state index in [1.54, 1.807) is 4.90 Å². The number of anilines is 1. The van der Waals surface area contributed by atoms with Gasteiger partial charge in [-0.15, -0.1) is 10.2 Å². The second-order valence-electron chi connectivity index (χ2n) is 9.53. The van der Waals surface area contributed by atoms with E-state index in [-0.39, 0.29) is 24.4 Å². The van der Waals surface area contributed by atoms with Gasteiger partial charge in [-0.05, 0) is 57.0 Å². The molecule has 2 amide bonds. The summed E-state index contributed by atoms with van der Waals surface area (Å²) in [6.45, 7) is 8.75. The average Bonchev–Trinajstić information content (AvgIpc) is 3.18. The number of aryl methyl sites for hydroxylation is 1. The molecule has 2 heterocycles. The van der Waals surface area contributed by atoms with Crippen molar-refractivity contribution in [3.05, 3.63) is 76.8 Å². The van der Waals surface area contributed by atoms with E-state index in [0.29, 0.717) is 30.2 Å². The highest BCUT2D eigenvalue weighted by molar-refractivity contribution is 6.33.